The van der Waals surface area contributed by atoms with Crippen molar-refractivity contribution < 1.29 is 28.3 Å². The van der Waals surface area contributed by atoms with E-state index in [2.05, 4.69) is 64.8 Å². The fraction of sp³-hybridized carbons (Fsp3) is 0.774. The van der Waals surface area contributed by atoms with Crippen molar-refractivity contribution in [1.29, 1.82) is 0 Å². The quantitative estimate of drug-likeness (QED) is 0.167. The Morgan fingerprint density at radius 3 is 2.62 bits per heavy atom. The molecule has 40 heavy (non-hydrogen) atoms. The van der Waals surface area contributed by atoms with E-state index >= 15 is 0 Å². The molecule has 0 aliphatic carbocycles. The van der Waals surface area contributed by atoms with Gasteiger partial charge in [0.2, 0.25) is 0 Å². The molecule has 0 radical (unpaired) electrons. The second kappa shape index (κ2) is 13.3. The molecule has 0 unspecified atom stereocenters. The summed E-state index contributed by atoms with van der Waals surface area (Å²) < 4.78 is 18.3. The Balaban J connectivity index is 1.62. The van der Waals surface area contributed by atoms with Crippen LogP contribution in [0.5, 0.6) is 0 Å². The van der Waals surface area contributed by atoms with Gasteiger partial charge in [0.1, 0.15) is 18.3 Å². The molecule has 6 atom stereocenters. The lowest BCUT2D eigenvalue weighted by Crippen LogP contribution is -2.72. The van der Waals surface area contributed by atoms with Gasteiger partial charge < -0.3 is 24.1 Å². The minimum absolute atomic E-state index is 0.0541. The van der Waals surface area contributed by atoms with Crippen LogP contribution in [0.15, 0.2) is 24.8 Å². The van der Waals surface area contributed by atoms with Crippen LogP contribution in [0.4, 0.5) is 4.79 Å². The molecule has 226 valence electrons. The van der Waals surface area contributed by atoms with E-state index in [-0.39, 0.29) is 60.1 Å². The average molecular weight is 577 g/mol. The Kier molecular flexibility index (Phi) is 10.9. The first-order valence-electron chi connectivity index (χ1n) is 15.2. The molecule has 1 N–H and O–H groups in total. The van der Waals surface area contributed by atoms with Crippen molar-refractivity contribution in [3.05, 3.63) is 24.8 Å². The number of urea groups is 1. The zero-order valence-corrected chi connectivity index (χ0v) is 26.8. The number of amides is 2. The summed E-state index contributed by atoms with van der Waals surface area (Å²) >= 11 is 0. The molecular formula is C31H52N2O6Si. The van der Waals surface area contributed by atoms with Crippen molar-refractivity contribution in [2.45, 2.75) is 141 Å². The Hall–Kier alpha value is -1.97. The minimum atomic E-state index is -1.87. The average Bonchev–Trinajstić information content (AvgIpc) is 3.26. The van der Waals surface area contributed by atoms with Crippen LogP contribution in [0, 0.1) is 5.92 Å². The third-order valence-corrected chi connectivity index (χ3v) is 13.7. The van der Waals surface area contributed by atoms with E-state index in [1.807, 2.05) is 6.92 Å². The molecule has 3 fully saturated rings. The van der Waals surface area contributed by atoms with Crippen LogP contribution in [0.25, 0.3) is 0 Å². The predicted octanol–water partition coefficient (Wildman–Crippen LogP) is 6.27. The maximum Gasteiger partial charge on any atom is 0.320 e. The summed E-state index contributed by atoms with van der Waals surface area (Å²) in [6, 6.07) is -0.845. The number of esters is 1. The smallest absolute Gasteiger partial charge is 0.320 e. The highest BCUT2D eigenvalue weighted by Crippen LogP contribution is 2.45. The molecule has 9 heteroatoms. The van der Waals surface area contributed by atoms with Crippen LogP contribution in [-0.2, 0) is 23.5 Å². The van der Waals surface area contributed by atoms with Crippen LogP contribution >= 0.6 is 0 Å². The van der Waals surface area contributed by atoms with E-state index < -0.39 is 20.0 Å². The number of hydrogen-bond donors (Lipinski definition) is 1. The van der Waals surface area contributed by atoms with E-state index in [4.69, 9.17) is 13.9 Å². The second-order valence-corrected chi connectivity index (χ2v) is 18.0. The fourth-order valence-corrected chi connectivity index (χ4v) is 7.45. The highest BCUT2D eigenvalue weighted by molar-refractivity contribution is 6.74. The van der Waals surface area contributed by atoms with E-state index in [0.717, 1.165) is 19.3 Å². The zero-order valence-electron chi connectivity index (χ0n) is 25.8. The van der Waals surface area contributed by atoms with Gasteiger partial charge in [0.05, 0.1) is 18.2 Å². The van der Waals surface area contributed by atoms with Gasteiger partial charge in [0.15, 0.2) is 14.0 Å². The molecule has 3 heterocycles. The lowest BCUT2D eigenvalue weighted by Gasteiger charge is -2.52. The van der Waals surface area contributed by atoms with Crippen LogP contribution < -0.4 is 5.32 Å². The third-order valence-electron chi connectivity index (χ3n) is 9.21. The first-order valence-corrected chi connectivity index (χ1v) is 18.1. The van der Waals surface area contributed by atoms with Gasteiger partial charge in [-0.15, -0.1) is 0 Å². The molecule has 0 aromatic carbocycles. The van der Waals surface area contributed by atoms with Gasteiger partial charge in [-0.1, -0.05) is 52.5 Å². The van der Waals surface area contributed by atoms with Crippen molar-refractivity contribution in [3.63, 3.8) is 0 Å². The highest BCUT2D eigenvalue weighted by atomic mass is 28.4. The van der Waals surface area contributed by atoms with Gasteiger partial charge in [0, 0.05) is 18.9 Å². The molecule has 0 aromatic rings. The summed E-state index contributed by atoms with van der Waals surface area (Å²) in [6.45, 7) is 19.1. The summed E-state index contributed by atoms with van der Waals surface area (Å²) in [7, 11) is -1.87. The number of ketones is 1. The lowest BCUT2D eigenvalue weighted by atomic mass is 9.80. The molecular weight excluding hydrogens is 524 g/mol. The number of hydrogen-bond acceptors (Lipinski definition) is 6. The van der Waals surface area contributed by atoms with Gasteiger partial charge in [0.25, 0.3) is 0 Å². The van der Waals surface area contributed by atoms with Crippen LogP contribution in [-0.4, -0.2) is 67.6 Å². The summed E-state index contributed by atoms with van der Waals surface area (Å²) in [5.41, 5.74) is -1.07. The highest BCUT2D eigenvalue weighted by Gasteiger charge is 2.60. The molecule has 0 saturated carbocycles. The van der Waals surface area contributed by atoms with Gasteiger partial charge in [-0.25, -0.2) is 4.79 Å². The number of rotatable bonds is 12. The lowest BCUT2D eigenvalue weighted by molar-refractivity contribution is -0.203. The Labute approximate surface area is 242 Å². The Morgan fingerprint density at radius 2 is 2.00 bits per heavy atom. The van der Waals surface area contributed by atoms with E-state index in [9.17, 15) is 14.4 Å². The standard InChI is InChI=1S/C31H52N2O6Si/c1-9-20-37-28(35)27-26-18-17-23(33(26)29(36)32-31(27)19-13-14-22(3)38-31)21-24(34)15-11-12-16-25(10-2)39-40(7,8)30(4,5)6/h9,12,16,22-23,25-27H,1,10-11,13-15,17-21H2,2-8H3,(H,32,36)/t22-,23+,25+,26-,27+,31-/m1/s1. The van der Waals surface area contributed by atoms with Gasteiger partial charge >= 0.3 is 12.0 Å². The molecule has 8 nitrogen and oxygen atoms in total. The number of allylic oxidation sites excluding steroid dienone is 1. The van der Waals surface area contributed by atoms with Crippen molar-refractivity contribution >= 4 is 26.1 Å². The van der Waals surface area contributed by atoms with Crippen molar-refractivity contribution in [2.75, 3.05) is 6.61 Å². The largest absolute Gasteiger partial charge is 0.461 e. The molecule has 0 bridgehead atoms. The second-order valence-electron chi connectivity index (χ2n) is 13.3. The fourth-order valence-electron chi connectivity index (χ4n) is 6.09. The first kappa shape index (κ1) is 32.5. The maximum atomic E-state index is 13.4. The maximum absolute atomic E-state index is 13.4. The zero-order chi connectivity index (χ0) is 29.7. The Morgan fingerprint density at radius 1 is 1.27 bits per heavy atom. The topological polar surface area (TPSA) is 94.2 Å². The SMILES string of the molecule is C=CCOC(=O)[C@@H]1[C@H]2CC[C@@H](CC(=O)CCC=C[C@H](CC)O[Si](C)(C)C(C)(C)C)N2C(=O)N[C@@]12CCC[C@@H](C)O2. The van der Waals surface area contributed by atoms with Crippen LogP contribution in [0.1, 0.15) is 92.4 Å². The summed E-state index contributed by atoms with van der Waals surface area (Å²) in [6.07, 6.45) is 11.5. The van der Waals surface area contributed by atoms with Gasteiger partial charge in [-0.3, -0.25) is 9.59 Å². The molecule has 3 aliphatic heterocycles. The normalized spacial score (nSPS) is 29.8. The molecule has 3 aliphatic rings. The van der Waals surface area contributed by atoms with E-state index in [1.54, 1.807) is 11.0 Å². The molecule has 3 saturated heterocycles. The number of carbonyl (C=O) groups excluding carboxylic acids is 3. The molecule has 1 spiro atoms. The Bertz CT molecular complexity index is 960. The summed E-state index contributed by atoms with van der Waals surface area (Å²) in [5, 5.41) is 3.19. The van der Waals surface area contributed by atoms with E-state index in [1.165, 1.54) is 0 Å². The third kappa shape index (κ3) is 7.45. The predicted molar refractivity (Wildman–Crippen MR) is 159 cm³/mol. The molecule has 2 amide bonds. The van der Waals surface area contributed by atoms with E-state index in [0.29, 0.717) is 32.1 Å². The summed E-state index contributed by atoms with van der Waals surface area (Å²) in [5.74, 6) is -0.913. The number of nitrogens with one attached hydrogen (secondary N) is 1. The van der Waals surface area contributed by atoms with Gasteiger partial charge in [-0.2, -0.15) is 0 Å². The van der Waals surface area contributed by atoms with Gasteiger partial charge in [-0.05, 0) is 70.0 Å². The number of fused-ring (bicyclic) bond motifs is 1. The van der Waals surface area contributed by atoms with Crippen LogP contribution in [0.2, 0.25) is 18.1 Å². The summed E-state index contributed by atoms with van der Waals surface area (Å²) in [4.78, 5) is 41.4. The molecule has 3 rings (SSSR count). The number of ether oxygens (including phenoxy) is 2. The van der Waals surface area contributed by atoms with Crippen molar-refractivity contribution in [1.82, 2.24) is 10.2 Å². The number of nitrogens with zero attached hydrogens (tertiary/aromatic N) is 1. The molecule has 0 aromatic heterocycles. The van der Waals surface area contributed by atoms with Crippen LogP contribution in [0.3, 0.4) is 0 Å². The number of Topliss-reactive ketones (excluding diaryl/α,β-unsaturated/α-hetero) is 1. The van der Waals surface area contributed by atoms with Crippen molar-refractivity contribution in [3.8, 4) is 0 Å². The first-order chi connectivity index (χ1) is 18.7. The minimum Gasteiger partial charge on any atom is -0.461 e. The monoisotopic (exact) mass is 576 g/mol. The number of carbonyl (C=O) groups is 3. The van der Waals surface area contributed by atoms with Crippen molar-refractivity contribution in [2.24, 2.45) is 5.92 Å².